The van der Waals surface area contributed by atoms with Crippen LogP contribution in [0.15, 0.2) is 33.0 Å². The number of amides is 1. The molecule has 0 unspecified atom stereocenters. The minimum atomic E-state index is -3.82. The van der Waals surface area contributed by atoms with E-state index in [-0.39, 0.29) is 65.8 Å². The summed E-state index contributed by atoms with van der Waals surface area (Å²) in [6, 6.07) is 1.10. The number of nitrogens with one attached hydrogen (secondary N) is 2. The number of aliphatic hydroxyl groups is 1. The molecule has 10 atom stereocenters. The topological polar surface area (TPSA) is 260 Å². The first-order chi connectivity index (χ1) is 32.2. The smallest absolute Gasteiger partial charge is 0.341 e. The normalized spacial score (nSPS) is 33.6. The zero-order valence-electron chi connectivity index (χ0n) is 41.4. The maximum Gasteiger partial charge on any atom is 0.341 e. The van der Waals surface area contributed by atoms with Crippen LogP contribution in [0, 0.1) is 62.5 Å². The van der Waals surface area contributed by atoms with E-state index in [4.69, 9.17) is 10.2 Å². The van der Waals surface area contributed by atoms with Gasteiger partial charge in [-0.15, -0.1) is 10.2 Å². The number of nitrogens with two attached hydrogens (primary N) is 1. The molecule has 0 radical (unpaired) electrons. The Kier molecular flexibility index (Phi) is 14.4. The summed E-state index contributed by atoms with van der Waals surface area (Å²) in [5, 5.41) is 47.6. The van der Waals surface area contributed by atoms with Gasteiger partial charge in [0.2, 0.25) is 20.8 Å². The molecule has 5 aliphatic carbocycles. The molecule has 9 rings (SSSR count). The van der Waals surface area contributed by atoms with Crippen LogP contribution in [0.2, 0.25) is 0 Å². The lowest BCUT2D eigenvalue weighted by molar-refractivity contribution is -0.206. The van der Waals surface area contributed by atoms with Gasteiger partial charge in [0, 0.05) is 45.8 Å². The van der Waals surface area contributed by atoms with Crippen molar-refractivity contribution in [2.45, 2.75) is 137 Å². The monoisotopic (exact) mass is 998 g/mol. The highest BCUT2D eigenvalue weighted by atomic mass is 32.2. The van der Waals surface area contributed by atoms with Gasteiger partial charge in [0.1, 0.15) is 11.2 Å². The van der Waals surface area contributed by atoms with Crippen molar-refractivity contribution in [1.29, 1.82) is 0 Å². The predicted molar refractivity (Wildman–Crippen MR) is 262 cm³/mol. The average molecular weight is 999 g/mol. The van der Waals surface area contributed by atoms with Crippen molar-refractivity contribution in [2.75, 3.05) is 36.4 Å². The number of hydrogen-bond donors (Lipinski definition) is 6. The van der Waals surface area contributed by atoms with Gasteiger partial charge in [0.25, 0.3) is 10.0 Å². The molecule has 69 heavy (non-hydrogen) atoms. The van der Waals surface area contributed by atoms with Crippen LogP contribution in [-0.4, -0.2) is 93.6 Å². The molecule has 0 aromatic carbocycles. The van der Waals surface area contributed by atoms with Crippen molar-refractivity contribution in [3.8, 4) is 0 Å². The van der Waals surface area contributed by atoms with Crippen LogP contribution in [0.25, 0.3) is 11.0 Å². The number of aliphatic hydroxyl groups excluding tert-OH is 1. The Labute approximate surface area is 408 Å². The van der Waals surface area contributed by atoms with E-state index < -0.39 is 38.6 Å². The second-order valence-electron chi connectivity index (χ2n) is 21.9. The molecule has 1 saturated heterocycles. The van der Waals surface area contributed by atoms with Crippen molar-refractivity contribution in [3.63, 3.8) is 0 Å². The lowest BCUT2D eigenvalue weighted by Crippen LogP contribution is -2.65. The van der Waals surface area contributed by atoms with Crippen molar-refractivity contribution in [1.82, 2.24) is 25.1 Å². The average Bonchev–Trinajstić information content (AvgIpc) is 3.76. The Morgan fingerprint density at radius 2 is 1.67 bits per heavy atom. The molecule has 0 bridgehead atoms. The Balaban J connectivity index is 0.000000169. The van der Waals surface area contributed by atoms with E-state index in [2.05, 4.69) is 80.4 Å². The molecule has 4 saturated carbocycles. The molecular weight excluding hydrogens is 928 g/mol. The van der Waals surface area contributed by atoms with Gasteiger partial charge >= 0.3 is 11.9 Å². The summed E-state index contributed by atoms with van der Waals surface area (Å²) in [6.07, 6.45) is 12.9. The largest absolute Gasteiger partial charge is 0.481 e. The minimum absolute atomic E-state index is 0.0110. The summed E-state index contributed by atoms with van der Waals surface area (Å²) in [5.74, 6) is -0.265. The van der Waals surface area contributed by atoms with E-state index >= 15 is 0 Å². The molecule has 5 fully saturated rings. The third-order valence-corrected chi connectivity index (χ3v) is 20.4. The van der Waals surface area contributed by atoms with E-state index in [1.54, 1.807) is 4.57 Å². The molecule has 20 heteroatoms. The number of piperazine rings is 1. The Bertz CT molecular complexity index is 2700. The van der Waals surface area contributed by atoms with Crippen molar-refractivity contribution >= 4 is 61.2 Å². The number of aromatic carboxylic acids is 1. The molecular formula is C49H71FN8O9S2. The number of carboxylic acids is 2. The third kappa shape index (κ3) is 9.03. The number of aryl methyl sites for hydroxylation is 1. The number of hydrogen-bond acceptors (Lipinski definition) is 13. The Morgan fingerprint density at radius 3 is 2.26 bits per heavy atom. The minimum Gasteiger partial charge on any atom is -0.481 e. The first-order valence-electron chi connectivity index (χ1n) is 24.4. The number of aliphatic carboxylic acids is 1. The lowest BCUT2D eigenvalue weighted by Gasteiger charge is -2.71. The molecule has 1 amide bonds. The van der Waals surface area contributed by atoms with Crippen LogP contribution < -0.4 is 26.1 Å². The Hall–Kier alpha value is -4.37. The van der Waals surface area contributed by atoms with Crippen molar-refractivity contribution < 1.29 is 42.5 Å². The van der Waals surface area contributed by atoms with Gasteiger partial charge in [-0.1, -0.05) is 71.5 Å². The number of rotatable bonds is 6. The first-order valence-corrected chi connectivity index (χ1v) is 26.7. The number of halogens is 1. The summed E-state index contributed by atoms with van der Waals surface area (Å²) in [6.45, 7) is 23.2. The van der Waals surface area contributed by atoms with Crippen LogP contribution in [-0.2, 0) is 26.2 Å². The van der Waals surface area contributed by atoms with Crippen LogP contribution in [0.4, 0.5) is 15.3 Å². The predicted octanol–water partition coefficient (Wildman–Crippen LogP) is 6.90. The van der Waals surface area contributed by atoms with Gasteiger partial charge in [0.15, 0.2) is 11.6 Å². The van der Waals surface area contributed by atoms with Crippen LogP contribution in [0.1, 0.15) is 130 Å². The van der Waals surface area contributed by atoms with Gasteiger partial charge in [-0.3, -0.25) is 14.4 Å². The van der Waals surface area contributed by atoms with E-state index in [1.165, 1.54) is 31.5 Å². The number of aromatic nitrogens is 4. The maximum atomic E-state index is 14.4. The number of anilines is 2. The highest BCUT2D eigenvalue weighted by Crippen LogP contribution is 2.75. The number of sulfonamides is 1. The maximum absolute atomic E-state index is 14.4. The van der Waals surface area contributed by atoms with E-state index in [0.717, 1.165) is 64.1 Å². The number of nitrogens with zero attached hydrogens (tertiary/aromatic N) is 5. The second-order valence-corrected chi connectivity index (χ2v) is 24.7. The molecule has 1 aliphatic heterocycles. The van der Waals surface area contributed by atoms with Gasteiger partial charge < -0.3 is 35.4 Å². The van der Waals surface area contributed by atoms with Crippen molar-refractivity contribution in [2.24, 2.45) is 61.8 Å². The molecule has 17 nitrogen and oxygen atoms in total. The zero-order chi connectivity index (χ0) is 50.8. The molecule has 380 valence electrons. The highest BCUT2D eigenvalue weighted by Gasteiger charge is 2.69. The van der Waals surface area contributed by atoms with Crippen molar-refractivity contribution in [3.05, 3.63) is 45.5 Å². The Morgan fingerprint density at radius 1 is 0.986 bits per heavy atom. The standard InChI is InChI=1S/C30H48O3.C15H17FN4O3.C4H6N4O3S2/c1-18-10-15-30(25(32)33)17-16-28(6)20(24(30)19(18)2)8-9-22-27(5)13-12-23(31)26(3,4)21(27)11-14-29(22,28)7;1-2-19-8-10(15(22)23)12(21)9-7-11(16)14(18-13(9)19)20-5-3-17-4-6-20;1-2(9)6-3-7-8-4(12-3)13(5,10)11/h8,18-19,21-24,31H,9-17H2,1-7H3,(H,32,33);7-8,17H,2-6H2,1H3,(H,22,23);1H3,(H2,5,10,11)(H,6,7,9)/t18-,19+,21+,22-,23+,24+,27+,28-,29-,30+;;/m1../s1. The second kappa shape index (κ2) is 19.0. The van der Waals surface area contributed by atoms with E-state index in [1.807, 2.05) is 11.8 Å². The number of carbonyl (C=O) groups excluding carboxylic acids is 1. The van der Waals surface area contributed by atoms with Gasteiger partial charge in [0.05, 0.1) is 16.9 Å². The lowest BCUT2D eigenvalue weighted by atomic mass is 9.33. The quantitative estimate of drug-likeness (QED) is 0.109. The number of carbonyl (C=O) groups is 3. The number of allylic oxidation sites excluding steroid dienone is 2. The van der Waals surface area contributed by atoms with Crippen LogP contribution >= 0.6 is 11.3 Å². The number of pyridine rings is 2. The SMILES string of the molecule is CC(=O)Nc1nnc(S(N)(=O)=O)s1.CCn1cc(C(=O)O)c(=O)c2cc(F)c(N3CCNCC3)nc21.C[C@H]1[C@H](C)CC[C@]2(C(=O)O)CC[C@]3(C)C(=CC[C@@H]4[C@@]5(C)CC[C@H](O)C(C)(C)[C@@H]5CC[C@]43C)[C@H]12. The van der Waals surface area contributed by atoms with E-state index in [9.17, 15) is 42.2 Å². The fourth-order valence-electron chi connectivity index (χ4n) is 14.1. The van der Waals surface area contributed by atoms with Gasteiger partial charge in [-0.05, 0) is 122 Å². The molecule has 3 aromatic rings. The summed E-state index contributed by atoms with van der Waals surface area (Å²) in [5.41, 5.74) is 0.670. The molecule has 6 aliphatic rings. The fourth-order valence-corrected chi connectivity index (χ4v) is 15.5. The summed E-state index contributed by atoms with van der Waals surface area (Å²) >= 11 is 0.701. The van der Waals surface area contributed by atoms with E-state index in [0.29, 0.717) is 60.3 Å². The van der Waals surface area contributed by atoms with Gasteiger partial charge in [-0.2, -0.15) is 0 Å². The molecule has 3 aromatic heterocycles. The fraction of sp³-hybridized carbons (Fsp3) is 0.694. The summed E-state index contributed by atoms with van der Waals surface area (Å²) < 4.78 is 37.1. The number of carboxylic acid groups (broad SMARTS) is 2. The third-order valence-electron chi connectivity index (χ3n) is 18.3. The zero-order valence-corrected chi connectivity index (χ0v) is 43.0. The van der Waals surface area contributed by atoms with Crippen LogP contribution in [0.5, 0.6) is 0 Å². The summed E-state index contributed by atoms with van der Waals surface area (Å²) in [4.78, 5) is 52.9. The number of primary sulfonamides is 1. The summed E-state index contributed by atoms with van der Waals surface area (Å²) in [7, 11) is -3.82. The van der Waals surface area contributed by atoms with Crippen LogP contribution in [0.3, 0.4) is 0 Å². The first kappa shape index (κ1) is 52.5. The highest BCUT2D eigenvalue weighted by molar-refractivity contribution is 7.91. The molecule has 4 heterocycles. The number of fused-ring (bicyclic) bond motifs is 8. The van der Waals surface area contributed by atoms with Gasteiger partial charge in [-0.25, -0.2) is 27.7 Å². The molecule has 7 N–H and O–H groups in total. The molecule has 0 spiro atoms.